The summed E-state index contributed by atoms with van der Waals surface area (Å²) in [4.78, 5) is 0. The van der Waals surface area contributed by atoms with Crippen LogP contribution in [0.15, 0.2) is 0 Å². The first-order valence-corrected chi connectivity index (χ1v) is 6.05. The highest BCUT2D eigenvalue weighted by atomic mass is 14.8. The summed E-state index contributed by atoms with van der Waals surface area (Å²) in [6, 6.07) is 0. The van der Waals surface area contributed by atoms with E-state index in [2.05, 4.69) is 19.2 Å². The quantitative estimate of drug-likeness (QED) is 0.645. The Morgan fingerprint density at radius 2 is 1.92 bits per heavy atom. The van der Waals surface area contributed by atoms with Gasteiger partial charge in [0.1, 0.15) is 0 Å². The summed E-state index contributed by atoms with van der Waals surface area (Å²) in [5, 5.41) is 3.53. The van der Waals surface area contributed by atoms with Gasteiger partial charge in [-0.25, -0.2) is 0 Å². The molecule has 1 heteroatoms. The maximum absolute atomic E-state index is 3.53. The first kappa shape index (κ1) is 11.0. The normalized spacial score (nSPS) is 21.7. The lowest BCUT2D eigenvalue weighted by Gasteiger charge is -2.27. The second-order valence-corrected chi connectivity index (χ2v) is 4.58. The van der Waals surface area contributed by atoms with E-state index in [4.69, 9.17) is 0 Å². The SMILES string of the molecule is CCCNC[C@@H](C)C1CCCCC1. The van der Waals surface area contributed by atoms with Gasteiger partial charge in [0.15, 0.2) is 0 Å². The highest BCUT2D eigenvalue weighted by Crippen LogP contribution is 2.29. The summed E-state index contributed by atoms with van der Waals surface area (Å²) >= 11 is 0. The van der Waals surface area contributed by atoms with Gasteiger partial charge in [-0.3, -0.25) is 0 Å². The van der Waals surface area contributed by atoms with E-state index in [1.165, 1.54) is 51.6 Å². The van der Waals surface area contributed by atoms with Crippen molar-refractivity contribution in [1.82, 2.24) is 5.32 Å². The summed E-state index contributed by atoms with van der Waals surface area (Å²) in [6.45, 7) is 7.08. The van der Waals surface area contributed by atoms with Crippen LogP contribution < -0.4 is 5.32 Å². The summed E-state index contributed by atoms with van der Waals surface area (Å²) in [5.74, 6) is 1.91. The minimum absolute atomic E-state index is 0.895. The van der Waals surface area contributed by atoms with Crippen LogP contribution in [0.4, 0.5) is 0 Å². The van der Waals surface area contributed by atoms with Crippen LogP contribution in [0.2, 0.25) is 0 Å². The van der Waals surface area contributed by atoms with E-state index in [9.17, 15) is 0 Å². The zero-order chi connectivity index (χ0) is 9.52. The zero-order valence-electron chi connectivity index (χ0n) is 9.31. The average Bonchev–Trinajstić information content (AvgIpc) is 2.19. The third-order valence-corrected chi connectivity index (χ3v) is 3.35. The second-order valence-electron chi connectivity index (χ2n) is 4.58. The topological polar surface area (TPSA) is 12.0 Å². The van der Waals surface area contributed by atoms with Crippen molar-refractivity contribution < 1.29 is 0 Å². The van der Waals surface area contributed by atoms with E-state index in [0.29, 0.717) is 0 Å². The maximum Gasteiger partial charge on any atom is -0.00205 e. The smallest absolute Gasteiger partial charge is 0.00205 e. The highest BCUT2D eigenvalue weighted by molar-refractivity contribution is 4.72. The van der Waals surface area contributed by atoms with E-state index < -0.39 is 0 Å². The predicted molar refractivity (Wildman–Crippen MR) is 58.9 cm³/mol. The minimum atomic E-state index is 0.895. The number of hydrogen-bond acceptors (Lipinski definition) is 1. The molecule has 1 fully saturated rings. The summed E-state index contributed by atoms with van der Waals surface area (Å²) in [6.07, 6.45) is 8.65. The van der Waals surface area contributed by atoms with Gasteiger partial charge in [0.2, 0.25) is 0 Å². The summed E-state index contributed by atoms with van der Waals surface area (Å²) in [5.41, 5.74) is 0. The van der Waals surface area contributed by atoms with E-state index >= 15 is 0 Å². The van der Waals surface area contributed by atoms with Gasteiger partial charge in [0, 0.05) is 0 Å². The molecule has 0 aliphatic heterocycles. The van der Waals surface area contributed by atoms with E-state index in [1.54, 1.807) is 0 Å². The number of rotatable bonds is 5. The first-order valence-electron chi connectivity index (χ1n) is 6.05. The Bertz CT molecular complexity index is 116. The van der Waals surface area contributed by atoms with Crippen LogP contribution in [-0.2, 0) is 0 Å². The third-order valence-electron chi connectivity index (χ3n) is 3.35. The Labute approximate surface area is 83.3 Å². The Kier molecular flexibility index (Phi) is 5.45. The van der Waals surface area contributed by atoms with Crippen LogP contribution in [0.25, 0.3) is 0 Å². The maximum atomic E-state index is 3.53. The molecule has 1 N–H and O–H groups in total. The van der Waals surface area contributed by atoms with Crippen molar-refractivity contribution in [3.63, 3.8) is 0 Å². The molecule has 1 saturated carbocycles. The Morgan fingerprint density at radius 3 is 2.54 bits per heavy atom. The van der Waals surface area contributed by atoms with Crippen LogP contribution in [0.3, 0.4) is 0 Å². The molecule has 0 aromatic carbocycles. The highest BCUT2D eigenvalue weighted by Gasteiger charge is 2.19. The van der Waals surface area contributed by atoms with Crippen LogP contribution >= 0.6 is 0 Å². The van der Waals surface area contributed by atoms with E-state index in [0.717, 1.165) is 11.8 Å². The summed E-state index contributed by atoms with van der Waals surface area (Å²) < 4.78 is 0. The van der Waals surface area contributed by atoms with Crippen molar-refractivity contribution >= 4 is 0 Å². The number of hydrogen-bond donors (Lipinski definition) is 1. The molecule has 0 amide bonds. The molecule has 0 saturated heterocycles. The van der Waals surface area contributed by atoms with Gasteiger partial charge in [-0.2, -0.15) is 0 Å². The van der Waals surface area contributed by atoms with Crippen molar-refractivity contribution in [1.29, 1.82) is 0 Å². The molecule has 0 radical (unpaired) electrons. The van der Waals surface area contributed by atoms with E-state index in [-0.39, 0.29) is 0 Å². The largest absolute Gasteiger partial charge is 0.316 e. The van der Waals surface area contributed by atoms with Crippen LogP contribution in [0.5, 0.6) is 0 Å². The van der Waals surface area contributed by atoms with Gasteiger partial charge in [0.05, 0.1) is 0 Å². The fourth-order valence-electron chi connectivity index (χ4n) is 2.38. The van der Waals surface area contributed by atoms with Crippen molar-refractivity contribution in [2.75, 3.05) is 13.1 Å². The fraction of sp³-hybridized carbons (Fsp3) is 1.00. The third kappa shape index (κ3) is 4.12. The van der Waals surface area contributed by atoms with Gasteiger partial charge in [-0.15, -0.1) is 0 Å². The molecule has 13 heavy (non-hydrogen) atoms. The average molecular weight is 183 g/mol. The van der Waals surface area contributed by atoms with Gasteiger partial charge >= 0.3 is 0 Å². The van der Waals surface area contributed by atoms with Crippen LogP contribution in [-0.4, -0.2) is 13.1 Å². The molecule has 0 aromatic rings. The van der Waals surface area contributed by atoms with Crippen molar-refractivity contribution in [3.8, 4) is 0 Å². The van der Waals surface area contributed by atoms with Crippen molar-refractivity contribution in [2.24, 2.45) is 11.8 Å². The first-order chi connectivity index (χ1) is 6.34. The van der Waals surface area contributed by atoms with Gasteiger partial charge in [0.25, 0.3) is 0 Å². The summed E-state index contributed by atoms with van der Waals surface area (Å²) in [7, 11) is 0. The molecule has 1 rings (SSSR count). The molecule has 1 nitrogen and oxygen atoms in total. The lowest BCUT2D eigenvalue weighted by Crippen LogP contribution is -2.27. The molecule has 0 spiro atoms. The molecular formula is C12H25N. The van der Waals surface area contributed by atoms with Crippen LogP contribution in [0.1, 0.15) is 52.4 Å². The van der Waals surface area contributed by atoms with Gasteiger partial charge in [-0.1, -0.05) is 46.0 Å². The monoisotopic (exact) mass is 183 g/mol. The minimum Gasteiger partial charge on any atom is -0.316 e. The molecule has 1 aliphatic carbocycles. The van der Waals surface area contributed by atoms with Crippen LogP contribution in [0, 0.1) is 11.8 Å². The molecule has 1 aliphatic rings. The molecule has 0 unspecified atom stereocenters. The molecule has 0 aromatic heterocycles. The van der Waals surface area contributed by atoms with Gasteiger partial charge < -0.3 is 5.32 Å². The van der Waals surface area contributed by atoms with Gasteiger partial charge in [-0.05, 0) is 31.3 Å². The molecular weight excluding hydrogens is 158 g/mol. The molecule has 78 valence electrons. The van der Waals surface area contributed by atoms with Crippen molar-refractivity contribution in [2.45, 2.75) is 52.4 Å². The zero-order valence-corrected chi connectivity index (χ0v) is 9.31. The Hall–Kier alpha value is -0.0400. The lowest BCUT2D eigenvalue weighted by molar-refractivity contribution is 0.257. The Morgan fingerprint density at radius 1 is 1.23 bits per heavy atom. The molecule has 0 bridgehead atoms. The number of nitrogens with one attached hydrogen (secondary N) is 1. The molecule has 0 heterocycles. The van der Waals surface area contributed by atoms with E-state index in [1.807, 2.05) is 0 Å². The standard InChI is InChI=1S/C12H25N/c1-3-9-13-10-11(2)12-7-5-4-6-8-12/h11-13H,3-10H2,1-2H3/t11-/m1/s1. The second kappa shape index (κ2) is 6.42. The fourth-order valence-corrected chi connectivity index (χ4v) is 2.38. The predicted octanol–water partition coefficient (Wildman–Crippen LogP) is 3.20. The molecule has 1 atom stereocenters. The van der Waals surface area contributed by atoms with Crippen molar-refractivity contribution in [3.05, 3.63) is 0 Å². The Balaban J connectivity index is 2.09. The lowest BCUT2D eigenvalue weighted by atomic mass is 9.81.